The van der Waals surface area contributed by atoms with Crippen molar-refractivity contribution in [1.29, 1.82) is 0 Å². The molecule has 0 radical (unpaired) electrons. The first-order valence-electron chi connectivity index (χ1n) is 12.0. The first-order chi connectivity index (χ1) is 16.5. The van der Waals surface area contributed by atoms with Gasteiger partial charge in [-0.25, -0.2) is 9.36 Å². The van der Waals surface area contributed by atoms with Gasteiger partial charge in [0.05, 0.1) is 23.5 Å². The Bertz CT molecular complexity index is 1300. The first kappa shape index (κ1) is 28.3. The van der Waals surface area contributed by atoms with E-state index in [2.05, 4.69) is 41.7 Å². The average Bonchev–Trinajstić information content (AvgIpc) is 3.15. The average molecular weight is 576 g/mol. The summed E-state index contributed by atoms with van der Waals surface area (Å²) in [6, 6.07) is 9.74. The zero-order valence-corrected chi connectivity index (χ0v) is 24.9. The molecule has 3 rings (SSSR count). The van der Waals surface area contributed by atoms with Crippen LogP contribution in [0.1, 0.15) is 67.9 Å². The highest BCUT2D eigenvalue weighted by atomic mass is 79.9. The first-order valence-corrected chi connectivity index (χ1v) is 13.6. The van der Waals surface area contributed by atoms with Crippen LogP contribution >= 0.6 is 27.7 Å². The number of pyridine rings is 1. The van der Waals surface area contributed by atoms with E-state index in [1.165, 1.54) is 11.8 Å². The molecule has 0 aliphatic heterocycles. The van der Waals surface area contributed by atoms with Crippen LogP contribution in [0, 0.1) is 0 Å². The molecule has 3 aromatic rings. The summed E-state index contributed by atoms with van der Waals surface area (Å²) < 4.78 is 12.6. The van der Waals surface area contributed by atoms with Crippen molar-refractivity contribution in [2.24, 2.45) is 0 Å². The van der Waals surface area contributed by atoms with Gasteiger partial charge in [-0.15, -0.1) is 11.8 Å². The molecule has 194 valence electrons. The third-order valence-electron chi connectivity index (χ3n) is 5.48. The van der Waals surface area contributed by atoms with Gasteiger partial charge in [-0.2, -0.15) is 0 Å². The number of aromatic nitrogens is 2. The van der Waals surface area contributed by atoms with E-state index in [-0.39, 0.29) is 11.4 Å². The maximum atomic E-state index is 13.4. The number of halogens is 1. The molecule has 8 heteroatoms. The number of ether oxygens (including phenoxy) is 2. The predicted molar refractivity (Wildman–Crippen MR) is 150 cm³/mol. The molecule has 0 aliphatic rings. The molecular weight excluding hydrogens is 540 g/mol. The lowest BCUT2D eigenvalue weighted by Crippen LogP contribution is -2.30. The summed E-state index contributed by atoms with van der Waals surface area (Å²) in [5, 5.41) is 0.823. The molecule has 1 aromatic carbocycles. The van der Waals surface area contributed by atoms with E-state index in [4.69, 9.17) is 9.47 Å². The molecule has 0 saturated heterocycles. The van der Waals surface area contributed by atoms with Crippen LogP contribution in [0.25, 0.3) is 22.3 Å². The van der Waals surface area contributed by atoms with Crippen LogP contribution in [0.5, 0.6) is 0 Å². The van der Waals surface area contributed by atoms with Crippen molar-refractivity contribution in [3.05, 3.63) is 46.6 Å². The van der Waals surface area contributed by atoms with Gasteiger partial charge in [-0.1, -0.05) is 20.8 Å². The summed E-state index contributed by atoms with van der Waals surface area (Å²) in [5.41, 5.74) is 2.37. The largest absolute Gasteiger partial charge is 0.465 e. The molecule has 0 bridgehead atoms. The fourth-order valence-electron chi connectivity index (χ4n) is 3.66. The maximum Gasteiger partial charge on any atom is 0.419 e. The van der Waals surface area contributed by atoms with Crippen molar-refractivity contribution in [1.82, 2.24) is 9.55 Å². The van der Waals surface area contributed by atoms with Gasteiger partial charge in [0.15, 0.2) is 0 Å². The quantitative estimate of drug-likeness (QED) is 0.227. The molecule has 0 N–H and O–H groups in total. The number of nitrogens with zero attached hydrogens (tertiary/aromatic N) is 2. The number of carbonyl (C=O) groups excluding carboxylic acids is 2. The Morgan fingerprint density at radius 2 is 1.69 bits per heavy atom. The minimum Gasteiger partial charge on any atom is -0.465 e. The summed E-state index contributed by atoms with van der Waals surface area (Å²) in [7, 11) is 0. The normalized spacial score (nSPS) is 12.6. The molecule has 36 heavy (non-hydrogen) atoms. The van der Waals surface area contributed by atoms with Gasteiger partial charge in [-0.3, -0.25) is 9.78 Å². The Hall–Kier alpha value is -2.32. The molecule has 6 nitrogen and oxygen atoms in total. The number of thioether (sulfide) groups is 1. The fraction of sp³-hybridized carbons (Fsp3) is 0.464. The van der Waals surface area contributed by atoms with E-state index < -0.39 is 16.4 Å². The molecule has 0 saturated carbocycles. The standard InChI is InChI=1S/C28H35BrN2O4S/c1-10-34-24(32)28(8,9)36-22-12-11-20-18(23(22)29)16-21(31(20)25(33)35-27(5,6)7)19-15-17(13-14-30-19)26(2,3)4/h11-16H,10H2,1-9H3. The maximum absolute atomic E-state index is 13.4. The minimum absolute atomic E-state index is 0.0798. The monoisotopic (exact) mass is 574 g/mol. The predicted octanol–water partition coefficient (Wildman–Crippen LogP) is 7.98. The van der Waals surface area contributed by atoms with Crippen LogP contribution in [0.4, 0.5) is 4.79 Å². The summed E-state index contributed by atoms with van der Waals surface area (Å²) in [4.78, 5) is 31.4. The molecule has 0 atom stereocenters. The van der Waals surface area contributed by atoms with Crippen molar-refractivity contribution < 1.29 is 19.1 Å². The van der Waals surface area contributed by atoms with Gasteiger partial charge in [0.1, 0.15) is 10.3 Å². The molecular formula is C28H35BrN2O4S. The number of hydrogen-bond acceptors (Lipinski definition) is 6. The highest BCUT2D eigenvalue weighted by Crippen LogP contribution is 2.43. The number of hydrogen-bond donors (Lipinski definition) is 0. The van der Waals surface area contributed by atoms with Crippen molar-refractivity contribution in [3.63, 3.8) is 0 Å². The van der Waals surface area contributed by atoms with E-state index in [1.807, 2.05) is 65.0 Å². The Kier molecular flexibility index (Phi) is 8.01. The van der Waals surface area contributed by atoms with Crippen molar-refractivity contribution in [3.8, 4) is 11.4 Å². The number of esters is 1. The van der Waals surface area contributed by atoms with Crippen molar-refractivity contribution in [2.45, 2.75) is 83.0 Å². The summed E-state index contributed by atoms with van der Waals surface area (Å²) in [6.07, 6.45) is 1.29. The lowest BCUT2D eigenvalue weighted by atomic mass is 9.87. The van der Waals surface area contributed by atoms with Gasteiger partial charge >= 0.3 is 12.1 Å². The van der Waals surface area contributed by atoms with E-state index >= 15 is 0 Å². The van der Waals surface area contributed by atoms with Crippen LogP contribution in [0.15, 0.2) is 45.9 Å². The zero-order valence-electron chi connectivity index (χ0n) is 22.5. The topological polar surface area (TPSA) is 70.4 Å². The number of fused-ring (bicyclic) bond motifs is 1. The molecule has 2 aromatic heterocycles. The molecule has 0 unspecified atom stereocenters. The molecule has 0 amide bonds. The van der Waals surface area contributed by atoms with Crippen molar-refractivity contribution >= 4 is 50.7 Å². The van der Waals surface area contributed by atoms with Gasteiger partial charge in [-0.05, 0) is 98.8 Å². The SMILES string of the molecule is CCOC(=O)C(C)(C)Sc1ccc2c(cc(-c3cc(C(C)(C)C)ccn3)n2C(=O)OC(C)(C)C)c1Br. The lowest BCUT2D eigenvalue weighted by molar-refractivity contribution is -0.145. The number of rotatable bonds is 5. The Balaban J connectivity index is 2.22. The third kappa shape index (κ3) is 6.14. The van der Waals surface area contributed by atoms with Gasteiger partial charge in [0, 0.05) is 21.0 Å². The zero-order chi connectivity index (χ0) is 27.1. The number of carbonyl (C=O) groups is 2. The van der Waals surface area contributed by atoms with Gasteiger partial charge in [0.2, 0.25) is 0 Å². The Morgan fingerprint density at radius 3 is 2.28 bits per heavy atom. The molecule has 2 heterocycles. The second kappa shape index (κ2) is 10.2. The Morgan fingerprint density at radius 1 is 1.03 bits per heavy atom. The van der Waals surface area contributed by atoms with E-state index in [1.54, 1.807) is 17.7 Å². The summed E-state index contributed by atoms with van der Waals surface area (Å²) in [5.74, 6) is -0.280. The van der Waals surface area contributed by atoms with Crippen LogP contribution < -0.4 is 0 Å². The summed E-state index contributed by atoms with van der Waals surface area (Å²) >= 11 is 5.15. The molecule has 0 aliphatic carbocycles. The second-order valence-electron chi connectivity index (χ2n) is 11.2. The molecule has 0 fully saturated rings. The van der Waals surface area contributed by atoms with Crippen LogP contribution in [0.2, 0.25) is 0 Å². The smallest absolute Gasteiger partial charge is 0.419 e. The van der Waals surface area contributed by atoms with Crippen LogP contribution in [0.3, 0.4) is 0 Å². The van der Waals surface area contributed by atoms with Crippen LogP contribution in [-0.4, -0.2) is 38.6 Å². The van der Waals surface area contributed by atoms with Gasteiger partial charge < -0.3 is 9.47 Å². The minimum atomic E-state index is -0.786. The van der Waals surface area contributed by atoms with E-state index in [9.17, 15) is 9.59 Å². The second-order valence-corrected chi connectivity index (χ2v) is 13.6. The summed E-state index contributed by atoms with van der Waals surface area (Å²) in [6.45, 7) is 17.8. The van der Waals surface area contributed by atoms with Crippen LogP contribution in [-0.2, 0) is 19.7 Å². The van der Waals surface area contributed by atoms with Gasteiger partial charge in [0.25, 0.3) is 0 Å². The Labute approximate surface area is 226 Å². The van der Waals surface area contributed by atoms with E-state index in [0.29, 0.717) is 23.5 Å². The van der Waals surface area contributed by atoms with E-state index in [0.717, 1.165) is 20.3 Å². The lowest BCUT2D eigenvalue weighted by Gasteiger charge is -2.23. The highest BCUT2D eigenvalue weighted by Gasteiger charge is 2.32. The molecule has 0 spiro atoms. The van der Waals surface area contributed by atoms with Crippen molar-refractivity contribution in [2.75, 3.05) is 6.61 Å². The fourth-order valence-corrected chi connectivity index (χ4v) is 5.38. The number of benzene rings is 1. The third-order valence-corrected chi connectivity index (χ3v) is 7.83. The highest BCUT2D eigenvalue weighted by molar-refractivity contribution is 9.10.